The van der Waals surface area contributed by atoms with E-state index in [1.54, 1.807) is 59.6 Å². The van der Waals surface area contributed by atoms with E-state index in [2.05, 4.69) is 20.5 Å². The summed E-state index contributed by atoms with van der Waals surface area (Å²) in [5, 5.41) is 5.52. The topological polar surface area (TPSA) is 113 Å². The number of aromatic nitrogens is 1. The van der Waals surface area contributed by atoms with Crippen molar-refractivity contribution in [2.75, 3.05) is 55.8 Å². The van der Waals surface area contributed by atoms with Crippen LogP contribution in [-0.2, 0) is 11.3 Å². The van der Waals surface area contributed by atoms with Crippen molar-refractivity contribution in [1.82, 2.24) is 14.8 Å². The van der Waals surface area contributed by atoms with Crippen molar-refractivity contribution < 1.29 is 18.7 Å². The van der Waals surface area contributed by atoms with Gasteiger partial charge in [0.15, 0.2) is 0 Å². The lowest BCUT2D eigenvalue weighted by Gasteiger charge is -2.28. The van der Waals surface area contributed by atoms with Crippen LogP contribution in [0.2, 0.25) is 0 Å². The van der Waals surface area contributed by atoms with Crippen LogP contribution in [0.3, 0.4) is 0 Å². The van der Waals surface area contributed by atoms with Crippen LogP contribution in [0.25, 0.3) is 0 Å². The van der Waals surface area contributed by atoms with Gasteiger partial charge in [0.25, 0.3) is 5.91 Å². The zero-order valence-corrected chi connectivity index (χ0v) is 20.5. The number of carbonyl (C=O) groups excluding carboxylic acids is 2. The molecule has 1 fully saturated rings. The lowest BCUT2D eigenvalue weighted by Crippen LogP contribution is -2.40. The summed E-state index contributed by atoms with van der Waals surface area (Å²) in [4.78, 5) is 33.9. The molecule has 3 amide bonds. The molecule has 1 aromatic heterocycles. The molecule has 0 spiro atoms. The van der Waals surface area contributed by atoms with E-state index in [9.17, 15) is 14.0 Å². The quantitative estimate of drug-likeness (QED) is 0.381. The van der Waals surface area contributed by atoms with E-state index >= 15 is 0 Å². The lowest BCUT2D eigenvalue weighted by atomic mass is 10.2. The molecule has 4 N–H and O–H groups in total. The first-order valence-corrected chi connectivity index (χ1v) is 12.2. The summed E-state index contributed by atoms with van der Waals surface area (Å²) < 4.78 is 19.0. The largest absolute Gasteiger partial charge is 0.397 e. The Hall–Kier alpha value is -4.02. The number of anilines is 3. The molecule has 3 aromatic rings. The second kappa shape index (κ2) is 12.8. The fraction of sp³-hybridized carbons (Fsp3) is 0.296. The van der Waals surface area contributed by atoms with Gasteiger partial charge in [0.1, 0.15) is 11.5 Å². The fourth-order valence-corrected chi connectivity index (χ4v) is 4.00. The Kier molecular flexibility index (Phi) is 9.01. The predicted octanol–water partition coefficient (Wildman–Crippen LogP) is 3.81. The molecule has 0 radical (unpaired) electrons. The number of ether oxygens (including phenoxy) is 1. The van der Waals surface area contributed by atoms with Gasteiger partial charge in [-0.05, 0) is 48.4 Å². The summed E-state index contributed by atoms with van der Waals surface area (Å²) in [5.74, 6) is -0.803. The van der Waals surface area contributed by atoms with Crippen molar-refractivity contribution in [2.24, 2.45) is 0 Å². The number of amides is 3. The molecule has 2 aromatic carbocycles. The molecule has 4 rings (SSSR count). The van der Waals surface area contributed by atoms with Gasteiger partial charge in [-0.25, -0.2) is 9.18 Å². The Morgan fingerprint density at radius 1 is 1.05 bits per heavy atom. The highest BCUT2D eigenvalue weighted by atomic mass is 19.1. The summed E-state index contributed by atoms with van der Waals surface area (Å²) in [6.07, 6.45) is 2.34. The number of urea groups is 1. The third-order valence-electron chi connectivity index (χ3n) is 6.01. The zero-order valence-electron chi connectivity index (χ0n) is 20.5. The first-order chi connectivity index (χ1) is 18.0. The molecule has 0 unspecified atom stereocenters. The normalized spacial score (nSPS) is 13.6. The summed E-state index contributed by atoms with van der Waals surface area (Å²) in [6.45, 7) is 4.79. The standard InChI is InChI=1S/C27H31FN6O3/c28-21-5-3-6-22(17-21)31-27(36)34(12-4-11-33-13-15-37-16-14-33)19-20-9-10-25(30-18-20)26(35)32-24-8-2-1-7-23(24)29/h1-3,5-10,17-18H,4,11-16,19,29H2,(H,31,36)(H,32,35). The summed E-state index contributed by atoms with van der Waals surface area (Å²) in [6, 6.07) is 15.8. The zero-order chi connectivity index (χ0) is 26.0. The molecule has 1 saturated heterocycles. The van der Waals surface area contributed by atoms with Crippen molar-refractivity contribution >= 4 is 29.0 Å². The molecular weight excluding hydrogens is 475 g/mol. The molecule has 0 aliphatic carbocycles. The average molecular weight is 507 g/mol. The van der Waals surface area contributed by atoms with Gasteiger partial charge >= 0.3 is 6.03 Å². The van der Waals surface area contributed by atoms with E-state index in [0.717, 1.165) is 31.6 Å². The van der Waals surface area contributed by atoms with Crippen LogP contribution < -0.4 is 16.4 Å². The van der Waals surface area contributed by atoms with E-state index in [1.165, 1.54) is 12.1 Å². The molecule has 194 valence electrons. The van der Waals surface area contributed by atoms with Gasteiger partial charge in [-0.15, -0.1) is 0 Å². The Balaban J connectivity index is 1.40. The molecular formula is C27H31FN6O3. The molecule has 2 heterocycles. The minimum atomic E-state index is -0.424. The van der Waals surface area contributed by atoms with Gasteiger partial charge < -0.3 is 26.0 Å². The first-order valence-electron chi connectivity index (χ1n) is 12.2. The number of pyridine rings is 1. The summed E-state index contributed by atoms with van der Waals surface area (Å²) in [7, 11) is 0. The van der Waals surface area contributed by atoms with Crippen LogP contribution in [0.5, 0.6) is 0 Å². The number of morpholine rings is 1. The fourth-order valence-electron chi connectivity index (χ4n) is 4.00. The van der Waals surface area contributed by atoms with Crippen molar-refractivity contribution in [3.05, 3.63) is 83.9 Å². The maximum absolute atomic E-state index is 13.6. The molecule has 9 nitrogen and oxygen atoms in total. The third kappa shape index (κ3) is 7.73. The number of nitrogen functional groups attached to an aromatic ring is 1. The molecule has 0 saturated carbocycles. The van der Waals surface area contributed by atoms with Crippen LogP contribution in [0.1, 0.15) is 22.5 Å². The molecule has 1 aliphatic heterocycles. The van der Waals surface area contributed by atoms with Crippen molar-refractivity contribution in [3.63, 3.8) is 0 Å². The Morgan fingerprint density at radius 2 is 1.86 bits per heavy atom. The molecule has 0 bridgehead atoms. The van der Waals surface area contributed by atoms with Crippen LogP contribution in [0.15, 0.2) is 66.9 Å². The van der Waals surface area contributed by atoms with Gasteiger partial charge in [-0.2, -0.15) is 0 Å². The number of hydrogen-bond donors (Lipinski definition) is 3. The number of rotatable bonds is 9. The van der Waals surface area contributed by atoms with Crippen LogP contribution in [-0.4, -0.2) is 66.1 Å². The maximum Gasteiger partial charge on any atom is 0.322 e. The van der Waals surface area contributed by atoms with Crippen molar-refractivity contribution in [1.29, 1.82) is 0 Å². The number of halogens is 1. The summed E-state index contributed by atoms with van der Waals surface area (Å²) >= 11 is 0. The average Bonchev–Trinajstić information content (AvgIpc) is 2.90. The monoisotopic (exact) mass is 506 g/mol. The van der Waals surface area contributed by atoms with E-state index in [-0.39, 0.29) is 24.2 Å². The third-order valence-corrected chi connectivity index (χ3v) is 6.01. The smallest absolute Gasteiger partial charge is 0.322 e. The Morgan fingerprint density at radius 3 is 2.59 bits per heavy atom. The van der Waals surface area contributed by atoms with Gasteiger partial charge in [-0.1, -0.05) is 24.3 Å². The minimum Gasteiger partial charge on any atom is -0.397 e. The van der Waals surface area contributed by atoms with Crippen LogP contribution >= 0.6 is 0 Å². The molecule has 1 aliphatic rings. The van der Waals surface area contributed by atoms with Gasteiger partial charge in [0.2, 0.25) is 0 Å². The van der Waals surface area contributed by atoms with Crippen molar-refractivity contribution in [2.45, 2.75) is 13.0 Å². The predicted molar refractivity (Wildman–Crippen MR) is 141 cm³/mol. The number of benzene rings is 2. The summed E-state index contributed by atoms with van der Waals surface area (Å²) in [5.41, 5.74) is 8.25. The maximum atomic E-state index is 13.6. The molecule has 0 atom stereocenters. The number of nitrogens with zero attached hydrogens (tertiary/aromatic N) is 3. The van der Waals surface area contributed by atoms with Gasteiger partial charge in [-0.3, -0.25) is 14.7 Å². The number of para-hydroxylation sites is 2. The van der Waals surface area contributed by atoms with E-state index in [0.29, 0.717) is 36.8 Å². The highest BCUT2D eigenvalue weighted by Crippen LogP contribution is 2.18. The van der Waals surface area contributed by atoms with Gasteiger partial charge in [0.05, 0.1) is 24.6 Å². The Labute approximate surface area is 215 Å². The second-order valence-corrected chi connectivity index (χ2v) is 8.76. The molecule has 10 heteroatoms. The molecule has 37 heavy (non-hydrogen) atoms. The van der Waals surface area contributed by atoms with Crippen LogP contribution in [0, 0.1) is 5.82 Å². The Bertz CT molecular complexity index is 1200. The van der Waals surface area contributed by atoms with Gasteiger partial charge in [0, 0.05) is 44.6 Å². The number of carbonyl (C=O) groups is 2. The van der Waals surface area contributed by atoms with Crippen molar-refractivity contribution in [3.8, 4) is 0 Å². The number of nitrogens with one attached hydrogen (secondary N) is 2. The first kappa shape index (κ1) is 26.1. The number of hydrogen-bond acceptors (Lipinski definition) is 6. The number of nitrogens with two attached hydrogens (primary N) is 1. The second-order valence-electron chi connectivity index (χ2n) is 8.76. The highest BCUT2D eigenvalue weighted by molar-refractivity contribution is 6.04. The van der Waals surface area contributed by atoms with E-state index in [1.807, 2.05) is 0 Å². The van der Waals surface area contributed by atoms with E-state index in [4.69, 9.17) is 10.5 Å². The SMILES string of the molecule is Nc1ccccc1NC(=O)c1ccc(CN(CCCN2CCOCC2)C(=O)Nc2cccc(F)c2)cn1. The van der Waals surface area contributed by atoms with E-state index < -0.39 is 5.82 Å². The van der Waals surface area contributed by atoms with Crippen LogP contribution in [0.4, 0.5) is 26.2 Å². The lowest BCUT2D eigenvalue weighted by molar-refractivity contribution is 0.0365. The highest BCUT2D eigenvalue weighted by Gasteiger charge is 2.17. The minimum absolute atomic E-state index is 0.232.